The van der Waals surface area contributed by atoms with E-state index in [4.69, 9.17) is 4.89 Å². The van der Waals surface area contributed by atoms with E-state index in [9.17, 15) is 9.59 Å². The molecule has 29 heavy (non-hydrogen) atoms. The Hall–Kier alpha value is -1.14. The molecule has 0 bridgehead atoms. The summed E-state index contributed by atoms with van der Waals surface area (Å²) in [5.41, 5.74) is -0.217. The molecule has 0 N–H and O–H groups in total. The minimum absolute atomic E-state index is 0.217. The van der Waals surface area contributed by atoms with Crippen LogP contribution in [0.1, 0.15) is 113 Å². The quantitative estimate of drug-likeness (QED) is 0.149. The molecule has 6 heteroatoms. The average Bonchev–Trinajstić information content (AvgIpc) is 2.64. The first-order valence-corrected chi connectivity index (χ1v) is 11.3. The second kappa shape index (κ2) is 15.7. The number of hydrogen-bond donors (Lipinski definition) is 0. The fraction of sp³-hybridized carbons (Fsp3) is 0.913. The maximum Gasteiger partial charge on any atom is 0.349 e. The third-order valence-corrected chi connectivity index (χ3v) is 5.60. The van der Waals surface area contributed by atoms with Gasteiger partial charge in [0.1, 0.15) is 0 Å². The van der Waals surface area contributed by atoms with Crippen LogP contribution in [0, 0.1) is 23.2 Å². The maximum atomic E-state index is 12.5. The standard InChI is InChI=1S/C23H44O6/c1-8-23(6,7)20(16-13-12-15-19(4)5)22(25)27-29-28-26-21(24)17-11-9-10-14-18(2)3/h18-20H,8-17H2,1-7H3. The first-order chi connectivity index (χ1) is 13.6. The van der Waals surface area contributed by atoms with Gasteiger partial charge in [0.2, 0.25) is 0 Å². The molecule has 1 atom stereocenters. The number of carbonyl (C=O) groups is 2. The van der Waals surface area contributed by atoms with Crippen LogP contribution in [0.5, 0.6) is 0 Å². The van der Waals surface area contributed by atoms with E-state index in [2.05, 4.69) is 49.6 Å². The third-order valence-electron chi connectivity index (χ3n) is 5.60. The van der Waals surface area contributed by atoms with Gasteiger partial charge in [-0.1, -0.05) is 93.4 Å². The lowest BCUT2D eigenvalue weighted by Crippen LogP contribution is -2.32. The molecular formula is C23H44O6. The van der Waals surface area contributed by atoms with Crippen molar-refractivity contribution in [2.45, 2.75) is 113 Å². The summed E-state index contributed by atoms with van der Waals surface area (Å²) in [6.07, 6.45) is 8.92. The fourth-order valence-corrected chi connectivity index (χ4v) is 3.17. The van der Waals surface area contributed by atoms with Crippen molar-refractivity contribution in [1.29, 1.82) is 0 Å². The molecular weight excluding hydrogens is 372 g/mol. The number of rotatable bonds is 17. The lowest BCUT2D eigenvalue weighted by atomic mass is 9.74. The zero-order chi connectivity index (χ0) is 22.3. The molecule has 6 nitrogen and oxygen atoms in total. The Morgan fingerprint density at radius 3 is 1.83 bits per heavy atom. The monoisotopic (exact) mass is 416 g/mol. The van der Waals surface area contributed by atoms with Crippen LogP contribution in [0.2, 0.25) is 0 Å². The predicted molar refractivity (Wildman–Crippen MR) is 113 cm³/mol. The van der Waals surface area contributed by atoms with Crippen LogP contribution in [0.4, 0.5) is 0 Å². The average molecular weight is 417 g/mol. The summed E-state index contributed by atoms with van der Waals surface area (Å²) in [7, 11) is 0. The van der Waals surface area contributed by atoms with Gasteiger partial charge < -0.3 is 0 Å². The Morgan fingerprint density at radius 1 is 0.759 bits per heavy atom. The van der Waals surface area contributed by atoms with Gasteiger partial charge in [-0.25, -0.2) is 9.59 Å². The molecule has 0 fully saturated rings. The zero-order valence-electron chi connectivity index (χ0n) is 19.8. The van der Waals surface area contributed by atoms with Crippen LogP contribution >= 0.6 is 0 Å². The van der Waals surface area contributed by atoms with Gasteiger partial charge in [-0.3, -0.25) is 9.78 Å². The van der Waals surface area contributed by atoms with E-state index in [1.54, 1.807) is 0 Å². The normalized spacial score (nSPS) is 13.0. The van der Waals surface area contributed by atoms with Gasteiger partial charge in [0.25, 0.3) is 0 Å². The molecule has 0 aromatic rings. The van der Waals surface area contributed by atoms with E-state index in [-0.39, 0.29) is 17.8 Å². The number of unbranched alkanes of at least 4 members (excludes halogenated alkanes) is 3. The van der Waals surface area contributed by atoms with E-state index in [1.807, 2.05) is 13.8 Å². The molecule has 0 aromatic carbocycles. The topological polar surface area (TPSA) is 71.1 Å². The van der Waals surface area contributed by atoms with Crippen molar-refractivity contribution in [1.82, 2.24) is 0 Å². The van der Waals surface area contributed by atoms with Crippen molar-refractivity contribution < 1.29 is 29.4 Å². The predicted octanol–water partition coefficient (Wildman–Crippen LogP) is 6.73. The summed E-state index contributed by atoms with van der Waals surface area (Å²) < 4.78 is 0. The Kier molecular flexibility index (Phi) is 15.1. The summed E-state index contributed by atoms with van der Waals surface area (Å²) in [6, 6.07) is 0. The summed E-state index contributed by atoms with van der Waals surface area (Å²) in [6.45, 7) is 14.9. The van der Waals surface area contributed by atoms with E-state index in [0.717, 1.165) is 57.8 Å². The molecule has 0 aliphatic heterocycles. The zero-order valence-corrected chi connectivity index (χ0v) is 19.8. The summed E-state index contributed by atoms with van der Waals surface area (Å²) in [4.78, 5) is 33.3. The Morgan fingerprint density at radius 2 is 1.28 bits per heavy atom. The van der Waals surface area contributed by atoms with Crippen molar-refractivity contribution >= 4 is 11.9 Å². The Bertz CT molecular complexity index is 445. The number of carbonyl (C=O) groups excluding carboxylic acids is 2. The largest absolute Gasteiger partial charge is 0.349 e. The molecule has 172 valence electrons. The molecule has 0 spiro atoms. The van der Waals surface area contributed by atoms with E-state index >= 15 is 0 Å². The van der Waals surface area contributed by atoms with Crippen LogP contribution in [0.15, 0.2) is 0 Å². The van der Waals surface area contributed by atoms with E-state index in [0.29, 0.717) is 11.8 Å². The lowest BCUT2D eigenvalue weighted by Gasteiger charge is -2.30. The second-order valence-corrected chi connectivity index (χ2v) is 9.56. The van der Waals surface area contributed by atoms with Crippen LogP contribution in [-0.4, -0.2) is 11.9 Å². The van der Waals surface area contributed by atoms with Crippen LogP contribution in [0.3, 0.4) is 0 Å². The highest BCUT2D eigenvalue weighted by molar-refractivity contribution is 5.72. The van der Waals surface area contributed by atoms with Crippen molar-refractivity contribution in [3.63, 3.8) is 0 Å². The lowest BCUT2D eigenvalue weighted by molar-refractivity contribution is -0.601. The first kappa shape index (κ1) is 27.9. The van der Waals surface area contributed by atoms with Gasteiger partial charge in [-0.2, -0.15) is 0 Å². The van der Waals surface area contributed by atoms with Crippen molar-refractivity contribution in [3.05, 3.63) is 0 Å². The SMILES string of the molecule is CCC(C)(C)C(CCCCC(C)C)C(=O)OOOOC(=O)CCCCCC(C)C. The molecule has 0 aromatic heterocycles. The van der Waals surface area contributed by atoms with Gasteiger partial charge >= 0.3 is 11.9 Å². The highest BCUT2D eigenvalue weighted by atomic mass is 17.7. The van der Waals surface area contributed by atoms with Crippen molar-refractivity contribution in [2.75, 3.05) is 0 Å². The highest BCUT2D eigenvalue weighted by Crippen LogP contribution is 2.35. The summed E-state index contributed by atoms with van der Waals surface area (Å²) in [5, 5.41) is 8.72. The van der Waals surface area contributed by atoms with Gasteiger partial charge in [0, 0.05) is 16.5 Å². The van der Waals surface area contributed by atoms with Crippen LogP contribution < -0.4 is 0 Å². The minimum Gasteiger partial charge on any atom is -0.266 e. The van der Waals surface area contributed by atoms with Crippen molar-refractivity contribution in [2.24, 2.45) is 23.2 Å². The fourth-order valence-electron chi connectivity index (χ4n) is 3.17. The van der Waals surface area contributed by atoms with Gasteiger partial charge in [-0.05, 0) is 30.1 Å². The second-order valence-electron chi connectivity index (χ2n) is 9.56. The number of hydrogen-bond acceptors (Lipinski definition) is 6. The van der Waals surface area contributed by atoms with Crippen LogP contribution in [-0.2, 0) is 29.4 Å². The molecule has 0 saturated heterocycles. The molecule has 0 radical (unpaired) electrons. The van der Waals surface area contributed by atoms with Gasteiger partial charge in [0.15, 0.2) is 0 Å². The van der Waals surface area contributed by atoms with Gasteiger partial charge in [0.05, 0.1) is 5.92 Å². The van der Waals surface area contributed by atoms with E-state index < -0.39 is 11.9 Å². The molecule has 0 aliphatic carbocycles. The Balaban J connectivity index is 4.15. The van der Waals surface area contributed by atoms with Crippen LogP contribution in [0.25, 0.3) is 0 Å². The van der Waals surface area contributed by atoms with Crippen molar-refractivity contribution in [3.8, 4) is 0 Å². The Labute approximate surface area is 177 Å². The molecule has 0 aliphatic rings. The molecule has 1 unspecified atom stereocenters. The first-order valence-electron chi connectivity index (χ1n) is 11.3. The molecule has 0 rings (SSSR count). The minimum atomic E-state index is -0.537. The molecule has 0 saturated carbocycles. The van der Waals surface area contributed by atoms with Gasteiger partial charge in [-0.15, -0.1) is 0 Å². The van der Waals surface area contributed by atoms with E-state index in [1.165, 1.54) is 0 Å². The molecule has 0 amide bonds. The summed E-state index contributed by atoms with van der Waals surface area (Å²) in [5.74, 6) is -0.0120. The third kappa shape index (κ3) is 14.5. The highest BCUT2D eigenvalue weighted by Gasteiger charge is 2.35. The smallest absolute Gasteiger partial charge is 0.266 e. The summed E-state index contributed by atoms with van der Waals surface area (Å²) >= 11 is 0. The molecule has 0 heterocycles. The maximum absolute atomic E-state index is 12.5.